The molecule has 0 aromatic heterocycles. The van der Waals surface area contributed by atoms with Gasteiger partial charge in [0.2, 0.25) is 0 Å². The first-order chi connectivity index (χ1) is 8.41. The average Bonchev–Trinajstić information content (AvgIpc) is 2.26. The van der Waals surface area contributed by atoms with Gasteiger partial charge in [0.1, 0.15) is 0 Å². The molecule has 2 fully saturated rings. The van der Waals surface area contributed by atoms with E-state index in [-0.39, 0.29) is 12.2 Å². The molecule has 3 nitrogen and oxygen atoms in total. The number of ether oxygens (including phenoxy) is 1. The van der Waals surface area contributed by atoms with E-state index in [1.165, 1.54) is 6.42 Å². The normalized spacial score (nSPS) is 49.6. The van der Waals surface area contributed by atoms with Gasteiger partial charge >= 0.3 is 0 Å². The predicted molar refractivity (Wildman–Crippen MR) is 69.9 cm³/mol. The highest BCUT2D eigenvalue weighted by molar-refractivity contribution is 5.15. The first-order valence-electron chi connectivity index (χ1n) is 7.20. The number of nitriles is 1. The quantitative estimate of drug-likeness (QED) is 0.779. The van der Waals surface area contributed by atoms with Crippen LogP contribution in [0.3, 0.4) is 0 Å². The van der Waals surface area contributed by atoms with Crippen LogP contribution < -0.4 is 0 Å². The summed E-state index contributed by atoms with van der Waals surface area (Å²) < 4.78 is 5.72. The van der Waals surface area contributed by atoms with Gasteiger partial charge in [-0.15, -0.1) is 0 Å². The Labute approximate surface area is 110 Å². The molecule has 1 aliphatic heterocycles. The van der Waals surface area contributed by atoms with Crippen LogP contribution in [0, 0.1) is 22.7 Å². The van der Waals surface area contributed by atoms with Gasteiger partial charge in [0.05, 0.1) is 29.3 Å². The van der Waals surface area contributed by atoms with Gasteiger partial charge in [0.15, 0.2) is 0 Å². The van der Waals surface area contributed by atoms with Crippen molar-refractivity contribution in [1.82, 2.24) is 0 Å². The van der Waals surface area contributed by atoms with Crippen molar-refractivity contribution >= 4 is 0 Å². The Morgan fingerprint density at radius 1 is 1.17 bits per heavy atom. The molecule has 3 heteroatoms. The zero-order valence-electron chi connectivity index (χ0n) is 11.8. The highest BCUT2D eigenvalue weighted by atomic mass is 16.5. The van der Waals surface area contributed by atoms with E-state index in [0.717, 1.165) is 19.3 Å². The molecule has 18 heavy (non-hydrogen) atoms. The third-order valence-corrected chi connectivity index (χ3v) is 4.82. The smallest absolute Gasteiger partial charge is 0.0882 e. The fourth-order valence-corrected chi connectivity index (χ4v) is 4.10. The third kappa shape index (κ3) is 2.29. The van der Waals surface area contributed by atoms with Crippen LogP contribution in [0.5, 0.6) is 0 Å². The van der Waals surface area contributed by atoms with Crippen LogP contribution in [0.1, 0.15) is 59.3 Å². The van der Waals surface area contributed by atoms with Gasteiger partial charge in [0, 0.05) is 12.8 Å². The van der Waals surface area contributed by atoms with E-state index in [0.29, 0.717) is 18.8 Å². The Morgan fingerprint density at radius 3 is 2.28 bits per heavy atom. The van der Waals surface area contributed by atoms with Gasteiger partial charge in [-0.2, -0.15) is 5.26 Å². The molecule has 1 aliphatic carbocycles. The second-order valence-corrected chi connectivity index (χ2v) is 6.59. The maximum Gasteiger partial charge on any atom is 0.0882 e. The van der Waals surface area contributed by atoms with Gasteiger partial charge < -0.3 is 9.84 Å². The van der Waals surface area contributed by atoms with Gasteiger partial charge in [0.25, 0.3) is 0 Å². The summed E-state index contributed by atoms with van der Waals surface area (Å²) in [6.07, 6.45) is 5.18. The van der Waals surface area contributed by atoms with Crippen LogP contribution in [0.15, 0.2) is 0 Å². The summed E-state index contributed by atoms with van der Waals surface area (Å²) in [6, 6.07) is 2.49. The van der Waals surface area contributed by atoms with Crippen molar-refractivity contribution in [2.45, 2.75) is 77.1 Å². The molecule has 2 rings (SSSR count). The summed E-state index contributed by atoms with van der Waals surface area (Å²) in [5.41, 5.74) is -1.43. The number of nitrogens with zero attached hydrogens (tertiary/aromatic N) is 1. The van der Waals surface area contributed by atoms with E-state index in [1.54, 1.807) is 0 Å². The lowest BCUT2D eigenvalue weighted by Crippen LogP contribution is -2.56. The topological polar surface area (TPSA) is 53.2 Å². The molecule has 4 unspecified atom stereocenters. The molecule has 1 saturated carbocycles. The second-order valence-electron chi connectivity index (χ2n) is 6.59. The van der Waals surface area contributed by atoms with Crippen LogP contribution in [0.25, 0.3) is 0 Å². The lowest BCUT2D eigenvalue weighted by Gasteiger charge is -2.51. The summed E-state index contributed by atoms with van der Waals surface area (Å²) >= 11 is 0. The lowest BCUT2D eigenvalue weighted by molar-refractivity contribution is -0.182. The van der Waals surface area contributed by atoms with Crippen molar-refractivity contribution in [3.8, 4) is 6.07 Å². The molecule has 4 atom stereocenters. The summed E-state index contributed by atoms with van der Waals surface area (Å²) in [6.45, 7) is 6.19. The monoisotopic (exact) mass is 251 g/mol. The molecule has 0 amide bonds. The molecule has 0 aromatic rings. The van der Waals surface area contributed by atoms with Gasteiger partial charge in [-0.05, 0) is 32.6 Å². The molecule has 102 valence electrons. The van der Waals surface area contributed by atoms with Crippen molar-refractivity contribution in [2.24, 2.45) is 11.3 Å². The molecule has 1 heterocycles. The van der Waals surface area contributed by atoms with E-state index in [2.05, 4.69) is 13.0 Å². The molecular formula is C15H25NO2. The van der Waals surface area contributed by atoms with E-state index >= 15 is 0 Å². The first kappa shape index (κ1) is 13.8. The standard InChI is InChI=1S/C15H25NO2/c1-11-5-4-6-14(7-11,10-16)15(17)8-12(2)18-13(3)9-15/h11-13,17H,4-9H2,1-3H3. The van der Waals surface area contributed by atoms with Crippen molar-refractivity contribution in [3.63, 3.8) is 0 Å². The largest absolute Gasteiger partial charge is 0.388 e. The maximum absolute atomic E-state index is 11.1. The van der Waals surface area contributed by atoms with Crippen LogP contribution in [-0.2, 0) is 4.74 Å². The summed E-state index contributed by atoms with van der Waals surface area (Å²) in [4.78, 5) is 0. The number of hydrogen-bond donors (Lipinski definition) is 1. The van der Waals surface area contributed by atoms with E-state index in [1.807, 2.05) is 13.8 Å². The summed E-state index contributed by atoms with van der Waals surface area (Å²) in [5.74, 6) is 0.538. The van der Waals surface area contributed by atoms with Gasteiger partial charge in [-0.1, -0.05) is 19.8 Å². The van der Waals surface area contributed by atoms with E-state index < -0.39 is 11.0 Å². The van der Waals surface area contributed by atoms with Crippen molar-refractivity contribution in [3.05, 3.63) is 0 Å². The Hall–Kier alpha value is -0.590. The first-order valence-corrected chi connectivity index (χ1v) is 7.20. The Morgan fingerprint density at radius 2 is 1.78 bits per heavy atom. The molecule has 1 saturated heterocycles. The minimum absolute atomic E-state index is 0.0428. The molecule has 0 aromatic carbocycles. The highest BCUT2D eigenvalue weighted by Crippen LogP contribution is 2.51. The third-order valence-electron chi connectivity index (χ3n) is 4.82. The Balaban J connectivity index is 2.28. The van der Waals surface area contributed by atoms with Crippen molar-refractivity contribution in [1.29, 1.82) is 5.26 Å². The summed E-state index contributed by atoms with van der Waals surface area (Å²) in [5, 5.41) is 20.8. The predicted octanol–water partition coefficient (Wildman–Crippen LogP) is 3.02. The lowest BCUT2D eigenvalue weighted by atomic mass is 9.58. The molecular weight excluding hydrogens is 226 g/mol. The Bertz CT molecular complexity index is 339. The van der Waals surface area contributed by atoms with Crippen LogP contribution in [-0.4, -0.2) is 22.9 Å². The van der Waals surface area contributed by atoms with Crippen LogP contribution in [0.4, 0.5) is 0 Å². The van der Waals surface area contributed by atoms with E-state index in [9.17, 15) is 10.4 Å². The van der Waals surface area contributed by atoms with Crippen LogP contribution in [0.2, 0.25) is 0 Å². The molecule has 1 N–H and O–H groups in total. The fourth-order valence-electron chi connectivity index (χ4n) is 4.10. The maximum atomic E-state index is 11.1. The van der Waals surface area contributed by atoms with Crippen LogP contribution >= 0.6 is 0 Å². The fraction of sp³-hybridized carbons (Fsp3) is 0.933. The zero-order valence-corrected chi connectivity index (χ0v) is 11.8. The van der Waals surface area contributed by atoms with Crippen molar-refractivity contribution < 1.29 is 9.84 Å². The number of aliphatic hydroxyl groups is 1. The molecule has 0 bridgehead atoms. The average molecular weight is 251 g/mol. The zero-order chi connectivity index (χ0) is 13.4. The highest BCUT2D eigenvalue weighted by Gasteiger charge is 2.55. The van der Waals surface area contributed by atoms with E-state index in [4.69, 9.17) is 4.74 Å². The summed E-state index contributed by atoms with van der Waals surface area (Å²) in [7, 11) is 0. The second kappa shape index (κ2) is 4.83. The number of hydrogen-bond acceptors (Lipinski definition) is 3. The minimum atomic E-state index is -0.868. The van der Waals surface area contributed by atoms with Crippen molar-refractivity contribution in [2.75, 3.05) is 0 Å². The molecule has 0 spiro atoms. The van der Waals surface area contributed by atoms with Gasteiger partial charge in [-0.25, -0.2) is 0 Å². The Kier molecular flexibility index (Phi) is 3.71. The SMILES string of the molecule is CC1CCCC(C#N)(C2(O)CC(C)OC(C)C2)C1. The number of rotatable bonds is 1. The van der Waals surface area contributed by atoms with Gasteiger partial charge in [-0.3, -0.25) is 0 Å². The minimum Gasteiger partial charge on any atom is -0.388 e. The molecule has 0 radical (unpaired) electrons. The molecule has 2 aliphatic rings.